The zero-order chi connectivity index (χ0) is 13.0. The van der Waals surface area contributed by atoms with Gasteiger partial charge in [0.2, 0.25) is 0 Å². The second-order valence-corrected chi connectivity index (χ2v) is 3.70. The van der Waals surface area contributed by atoms with Gasteiger partial charge in [-0.15, -0.1) is 10.2 Å². The van der Waals surface area contributed by atoms with Crippen molar-refractivity contribution >= 4 is 5.69 Å². The fraction of sp³-hybridized carbons (Fsp3) is 0.167. The summed E-state index contributed by atoms with van der Waals surface area (Å²) >= 11 is 0. The summed E-state index contributed by atoms with van der Waals surface area (Å²) in [6.07, 6.45) is 1.62. The van der Waals surface area contributed by atoms with Crippen molar-refractivity contribution in [3.8, 4) is 12.1 Å². The lowest BCUT2D eigenvalue weighted by Crippen LogP contribution is -2.05. The maximum absolute atomic E-state index is 8.91. The Labute approximate surface area is 104 Å². The zero-order valence-electron chi connectivity index (χ0n) is 9.75. The van der Waals surface area contributed by atoms with Crippen LogP contribution >= 0.6 is 0 Å². The molecule has 18 heavy (non-hydrogen) atoms. The predicted molar refractivity (Wildman–Crippen MR) is 64.2 cm³/mol. The average Bonchev–Trinajstić information content (AvgIpc) is 2.81. The van der Waals surface area contributed by atoms with E-state index >= 15 is 0 Å². The van der Waals surface area contributed by atoms with Gasteiger partial charge in [-0.1, -0.05) is 0 Å². The molecule has 0 radical (unpaired) electrons. The highest BCUT2D eigenvalue weighted by atomic mass is 15.3. The lowest BCUT2D eigenvalue weighted by atomic mass is 10.1. The third-order valence-corrected chi connectivity index (χ3v) is 2.52. The number of nitriles is 2. The summed E-state index contributed by atoms with van der Waals surface area (Å²) < 4.78 is 1.81. The van der Waals surface area contributed by atoms with Gasteiger partial charge in [-0.2, -0.15) is 10.5 Å². The number of benzene rings is 1. The smallest absolute Gasteiger partial charge is 0.151 e. The summed E-state index contributed by atoms with van der Waals surface area (Å²) in [5, 5.41) is 28.6. The molecule has 0 atom stereocenters. The molecule has 2 aromatic rings. The number of hydrogen-bond acceptors (Lipinski definition) is 5. The van der Waals surface area contributed by atoms with E-state index in [1.165, 1.54) is 0 Å². The molecule has 0 bridgehead atoms. The highest BCUT2D eigenvalue weighted by Gasteiger charge is 2.04. The van der Waals surface area contributed by atoms with Crippen LogP contribution < -0.4 is 5.32 Å². The van der Waals surface area contributed by atoms with Crippen LogP contribution in [0.4, 0.5) is 5.69 Å². The molecule has 1 aromatic heterocycles. The normalized spacial score (nSPS) is 9.50. The molecule has 2 rings (SSSR count). The lowest BCUT2D eigenvalue weighted by molar-refractivity contribution is 0.812. The van der Waals surface area contributed by atoms with Gasteiger partial charge in [0.25, 0.3) is 0 Å². The molecule has 0 amide bonds. The molecular weight excluding hydrogens is 228 g/mol. The molecule has 1 aromatic carbocycles. The predicted octanol–water partition coefficient (Wildman–Crippen LogP) is 1.17. The number of nitrogens with one attached hydrogen (secondary N) is 1. The molecule has 0 saturated heterocycles. The number of hydrogen-bond donors (Lipinski definition) is 1. The van der Waals surface area contributed by atoms with Gasteiger partial charge >= 0.3 is 0 Å². The monoisotopic (exact) mass is 238 g/mol. The standard InChI is InChI=1S/C12H10N6/c1-18-8-16-17-12(18)7-15-11-3-2-9(5-13)10(4-11)6-14/h2-4,8,15H,7H2,1H3. The minimum absolute atomic E-state index is 0.362. The average molecular weight is 238 g/mol. The number of aryl methyl sites for hydroxylation is 1. The van der Waals surface area contributed by atoms with Crippen LogP contribution in [0, 0.1) is 22.7 Å². The van der Waals surface area contributed by atoms with E-state index in [9.17, 15) is 0 Å². The molecular formula is C12H10N6. The molecule has 6 heteroatoms. The SMILES string of the molecule is Cn1cnnc1CNc1ccc(C#N)c(C#N)c1. The van der Waals surface area contributed by atoms with Crippen molar-refractivity contribution in [2.45, 2.75) is 6.54 Å². The first kappa shape index (κ1) is 11.6. The van der Waals surface area contributed by atoms with Gasteiger partial charge in [-0.25, -0.2) is 0 Å². The summed E-state index contributed by atoms with van der Waals surface area (Å²) in [6, 6.07) is 9.00. The van der Waals surface area contributed by atoms with E-state index in [2.05, 4.69) is 15.5 Å². The quantitative estimate of drug-likeness (QED) is 0.866. The first-order chi connectivity index (χ1) is 8.74. The molecule has 1 heterocycles. The van der Waals surface area contributed by atoms with Crippen LogP contribution in [0.2, 0.25) is 0 Å². The molecule has 88 valence electrons. The fourth-order valence-corrected chi connectivity index (χ4v) is 1.49. The van der Waals surface area contributed by atoms with Crippen LogP contribution in [0.3, 0.4) is 0 Å². The maximum atomic E-state index is 8.91. The molecule has 0 aliphatic carbocycles. The molecule has 0 spiro atoms. The Morgan fingerprint density at radius 3 is 2.67 bits per heavy atom. The van der Waals surface area contributed by atoms with E-state index in [1.807, 2.05) is 23.8 Å². The zero-order valence-corrected chi connectivity index (χ0v) is 9.75. The number of rotatable bonds is 3. The Morgan fingerprint density at radius 2 is 2.06 bits per heavy atom. The molecule has 0 unspecified atom stereocenters. The van der Waals surface area contributed by atoms with Crippen LogP contribution in [-0.2, 0) is 13.6 Å². The summed E-state index contributed by atoms with van der Waals surface area (Å²) in [6.45, 7) is 0.507. The van der Waals surface area contributed by atoms with Gasteiger partial charge in [0.1, 0.15) is 18.5 Å². The molecule has 0 aliphatic rings. The van der Waals surface area contributed by atoms with Crippen molar-refractivity contribution in [3.63, 3.8) is 0 Å². The summed E-state index contributed by atoms with van der Waals surface area (Å²) in [7, 11) is 1.86. The van der Waals surface area contributed by atoms with E-state index in [1.54, 1.807) is 24.5 Å². The van der Waals surface area contributed by atoms with Gasteiger partial charge in [0.15, 0.2) is 5.82 Å². The van der Waals surface area contributed by atoms with E-state index in [4.69, 9.17) is 10.5 Å². The van der Waals surface area contributed by atoms with E-state index < -0.39 is 0 Å². The maximum Gasteiger partial charge on any atom is 0.151 e. The Balaban J connectivity index is 2.14. The second-order valence-electron chi connectivity index (χ2n) is 3.70. The first-order valence-electron chi connectivity index (χ1n) is 5.25. The third-order valence-electron chi connectivity index (χ3n) is 2.52. The molecule has 0 aliphatic heterocycles. The molecule has 6 nitrogen and oxygen atoms in total. The van der Waals surface area contributed by atoms with Crippen LogP contribution in [0.25, 0.3) is 0 Å². The Kier molecular flexibility index (Phi) is 3.22. The van der Waals surface area contributed by atoms with Crippen molar-refractivity contribution in [3.05, 3.63) is 41.5 Å². The first-order valence-corrected chi connectivity index (χ1v) is 5.25. The van der Waals surface area contributed by atoms with Crippen molar-refractivity contribution in [2.75, 3.05) is 5.32 Å². The van der Waals surface area contributed by atoms with Crippen molar-refractivity contribution < 1.29 is 0 Å². The van der Waals surface area contributed by atoms with Gasteiger partial charge in [0.05, 0.1) is 17.7 Å². The summed E-state index contributed by atoms with van der Waals surface area (Å²) in [4.78, 5) is 0. The molecule has 0 saturated carbocycles. The number of anilines is 1. The third kappa shape index (κ3) is 2.28. The minimum Gasteiger partial charge on any atom is -0.378 e. The van der Waals surface area contributed by atoms with Crippen molar-refractivity contribution in [1.82, 2.24) is 14.8 Å². The van der Waals surface area contributed by atoms with E-state index in [0.29, 0.717) is 17.7 Å². The van der Waals surface area contributed by atoms with Gasteiger partial charge in [-0.3, -0.25) is 0 Å². The van der Waals surface area contributed by atoms with Crippen LogP contribution in [0.5, 0.6) is 0 Å². The Bertz CT molecular complexity index is 643. The largest absolute Gasteiger partial charge is 0.378 e. The van der Waals surface area contributed by atoms with E-state index in [-0.39, 0.29) is 0 Å². The van der Waals surface area contributed by atoms with Crippen molar-refractivity contribution in [1.29, 1.82) is 10.5 Å². The molecule has 0 fully saturated rings. The van der Waals surface area contributed by atoms with Gasteiger partial charge in [-0.05, 0) is 18.2 Å². The summed E-state index contributed by atoms with van der Waals surface area (Å²) in [5.41, 5.74) is 1.51. The van der Waals surface area contributed by atoms with E-state index in [0.717, 1.165) is 11.5 Å². The topological polar surface area (TPSA) is 90.3 Å². The van der Waals surface area contributed by atoms with Crippen LogP contribution in [-0.4, -0.2) is 14.8 Å². The second kappa shape index (κ2) is 4.98. The lowest BCUT2D eigenvalue weighted by Gasteiger charge is -2.06. The minimum atomic E-state index is 0.362. The highest BCUT2D eigenvalue weighted by Crippen LogP contribution is 2.15. The van der Waals surface area contributed by atoms with Crippen LogP contribution in [0.1, 0.15) is 17.0 Å². The molecule has 1 N–H and O–H groups in total. The van der Waals surface area contributed by atoms with Gasteiger partial charge in [0, 0.05) is 12.7 Å². The Morgan fingerprint density at radius 1 is 1.28 bits per heavy atom. The van der Waals surface area contributed by atoms with Crippen molar-refractivity contribution in [2.24, 2.45) is 7.05 Å². The fourth-order valence-electron chi connectivity index (χ4n) is 1.49. The van der Waals surface area contributed by atoms with Gasteiger partial charge < -0.3 is 9.88 Å². The number of aromatic nitrogens is 3. The summed E-state index contributed by atoms with van der Waals surface area (Å²) in [5.74, 6) is 0.790. The highest BCUT2D eigenvalue weighted by molar-refractivity contribution is 5.56. The number of nitrogens with zero attached hydrogens (tertiary/aromatic N) is 5. The Hall–Kier alpha value is -2.86. The van der Waals surface area contributed by atoms with Crippen LogP contribution in [0.15, 0.2) is 24.5 Å².